The maximum Gasteiger partial charge on any atom is 0.326 e. The van der Waals surface area contributed by atoms with Crippen molar-refractivity contribution in [3.8, 4) is 0 Å². The van der Waals surface area contributed by atoms with Gasteiger partial charge in [-0.2, -0.15) is 12.6 Å². The van der Waals surface area contributed by atoms with Crippen LogP contribution in [0.1, 0.15) is 38.7 Å². The average molecular weight is 479 g/mol. The first-order chi connectivity index (χ1) is 15.7. The summed E-state index contributed by atoms with van der Waals surface area (Å²) in [5.74, 6) is -2.63. The van der Waals surface area contributed by atoms with Crippen molar-refractivity contribution in [3.05, 3.63) is 35.9 Å². The number of hydrogen-bond donors (Lipinski definition) is 5. The van der Waals surface area contributed by atoms with E-state index in [1.165, 1.54) is 4.90 Å². The number of carbonyl (C=O) groups excluding carboxylic acids is 3. The fourth-order valence-corrected chi connectivity index (χ4v) is 4.01. The van der Waals surface area contributed by atoms with Crippen LogP contribution in [0.15, 0.2) is 30.3 Å². The number of likely N-dealkylation sites (tertiary alicyclic amines) is 1. The highest BCUT2D eigenvalue weighted by Gasteiger charge is 2.39. The number of carboxylic acids is 1. The lowest BCUT2D eigenvalue weighted by atomic mass is 9.98. The van der Waals surface area contributed by atoms with Crippen molar-refractivity contribution in [2.24, 2.45) is 11.7 Å². The molecule has 1 saturated heterocycles. The normalized spacial score (nSPS) is 19.3. The summed E-state index contributed by atoms with van der Waals surface area (Å²) in [5, 5.41) is 14.8. The molecule has 1 aliphatic heterocycles. The number of benzene rings is 1. The number of aliphatic carboxylic acids is 1. The number of nitrogens with one attached hydrogen (secondary N) is 2. The Hall–Kier alpha value is -2.59. The molecule has 0 bridgehead atoms. The van der Waals surface area contributed by atoms with Crippen molar-refractivity contribution in [1.29, 1.82) is 0 Å². The van der Waals surface area contributed by atoms with E-state index >= 15 is 0 Å². The first kappa shape index (κ1) is 26.7. The second-order valence-corrected chi connectivity index (χ2v) is 8.80. The van der Waals surface area contributed by atoms with Crippen LogP contribution in [0.4, 0.5) is 0 Å². The average Bonchev–Trinajstić information content (AvgIpc) is 3.30. The van der Waals surface area contributed by atoms with Crippen LogP contribution in [-0.2, 0) is 25.6 Å². The smallest absolute Gasteiger partial charge is 0.326 e. The van der Waals surface area contributed by atoms with Crippen LogP contribution in [-0.4, -0.2) is 70.2 Å². The summed E-state index contributed by atoms with van der Waals surface area (Å²) < 4.78 is 0. The number of amides is 3. The molecule has 5 atom stereocenters. The molecule has 1 aromatic carbocycles. The summed E-state index contributed by atoms with van der Waals surface area (Å²) in [4.78, 5) is 51.9. The Morgan fingerprint density at radius 1 is 1.21 bits per heavy atom. The summed E-state index contributed by atoms with van der Waals surface area (Å²) in [7, 11) is 0. The number of thiol groups is 1. The summed E-state index contributed by atoms with van der Waals surface area (Å²) in [6.07, 6.45) is 1.85. The van der Waals surface area contributed by atoms with Gasteiger partial charge in [0.05, 0.1) is 6.04 Å². The van der Waals surface area contributed by atoms with E-state index in [1.807, 2.05) is 37.3 Å². The molecule has 5 N–H and O–H groups in total. The molecule has 10 heteroatoms. The zero-order valence-corrected chi connectivity index (χ0v) is 20.0. The van der Waals surface area contributed by atoms with E-state index in [0.29, 0.717) is 25.8 Å². The third-order valence-corrected chi connectivity index (χ3v) is 6.44. The Morgan fingerprint density at radius 3 is 2.45 bits per heavy atom. The Labute approximate surface area is 199 Å². The van der Waals surface area contributed by atoms with E-state index in [4.69, 9.17) is 5.73 Å². The molecule has 0 spiro atoms. The topological polar surface area (TPSA) is 142 Å². The van der Waals surface area contributed by atoms with Crippen LogP contribution < -0.4 is 16.4 Å². The van der Waals surface area contributed by atoms with Crippen molar-refractivity contribution in [2.75, 3.05) is 12.3 Å². The third-order valence-electron chi connectivity index (χ3n) is 6.05. The molecule has 1 heterocycles. The van der Waals surface area contributed by atoms with Gasteiger partial charge in [0, 0.05) is 18.7 Å². The maximum absolute atomic E-state index is 13.5. The van der Waals surface area contributed by atoms with E-state index < -0.39 is 47.9 Å². The number of hydrogen-bond acceptors (Lipinski definition) is 6. The molecule has 1 aliphatic rings. The van der Waals surface area contributed by atoms with Gasteiger partial charge in [-0.15, -0.1) is 0 Å². The van der Waals surface area contributed by atoms with Crippen LogP contribution in [0, 0.1) is 5.92 Å². The Morgan fingerprint density at radius 2 is 1.88 bits per heavy atom. The zero-order chi connectivity index (χ0) is 24.5. The van der Waals surface area contributed by atoms with Crippen LogP contribution in [0.25, 0.3) is 0 Å². The fraction of sp³-hybridized carbons (Fsp3) is 0.565. The van der Waals surface area contributed by atoms with E-state index in [1.54, 1.807) is 6.92 Å². The van der Waals surface area contributed by atoms with Crippen LogP contribution >= 0.6 is 12.6 Å². The minimum Gasteiger partial charge on any atom is -0.480 e. The Kier molecular flexibility index (Phi) is 10.2. The molecule has 0 saturated carbocycles. The second kappa shape index (κ2) is 12.6. The third kappa shape index (κ3) is 7.20. The van der Waals surface area contributed by atoms with Crippen LogP contribution in [0.2, 0.25) is 0 Å². The molecule has 5 unspecified atom stereocenters. The van der Waals surface area contributed by atoms with E-state index in [9.17, 15) is 24.3 Å². The highest BCUT2D eigenvalue weighted by Crippen LogP contribution is 2.21. The Balaban J connectivity index is 2.21. The standard InChI is InChI=1S/C23H34N4O5S/c1-3-14(2)19(23(31)32)26-21(29)18-10-7-11-27(18)22(30)17(25-20(28)16(24)13-33)12-15-8-5-4-6-9-15/h4-6,8-9,14,16-19,33H,3,7,10-13,24H2,1-2H3,(H,25,28)(H,26,29)(H,31,32). The van der Waals surface area contributed by atoms with Crippen molar-refractivity contribution in [1.82, 2.24) is 15.5 Å². The van der Waals surface area contributed by atoms with E-state index in [2.05, 4.69) is 23.3 Å². The molecule has 3 amide bonds. The van der Waals surface area contributed by atoms with Gasteiger partial charge in [0.1, 0.15) is 18.1 Å². The minimum absolute atomic E-state index is 0.124. The predicted octanol–water partition coefficient (Wildman–Crippen LogP) is 0.578. The molecule has 9 nitrogen and oxygen atoms in total. The number of carbonyl (C=O) groups is 4. The maximum atomic E-state index is 13.5. The molecule has 0 aromatic heterocycles. The van der Waals surface area contributed by atoms with Gasteiger partial charge in [0.2, 0.25) is 17.7 Å². The summed E-state index contributed by atoms with van der Waals surface area (Å²) >= 11 is 4.05. The van der Waals surface area contributed by atoms with Crippen LogP contribution in [0.5, 0.6) is 0 Å². The first-order valence-corrected chi connectivity index (χ1v) is 11.9. The van der Waals surface area contributed by atoms with Gasteiger partial charge in [-0.1, -0.05) is 50.6 Å². The summed E-state index contributed by atoms with van der Waals surface area (Å²) in [5.41, 5.74) is 6.62. The van der Waals surface area contributed by atoms with Gasteiger partial charge in [-0.05, 0) is 24.3 Å². The number of nitrogens with zero attached hydrogens (tertiary/aromatic N) is 1. The highest BCUT2D eigenvalue weighted by molar-refractivity contribution is 7.80. The van der Waals surface area contributed by atoms with Crippen molar-refractivity contribution < 1.29 is 24.3 Å². The molecule has 33 heavy (non-hydrogen) atoms. The lowest BCUT2D eigenvalue weighted by molar-refractivity contribution is -0.146. The number of nitrogens with two attached hydrogens (primary N) is 1. The van der Waals surface area contributed by atoms with Crippen LogP contribution in [0.3, 0.4) is 0 Å². The molecular formula is C23H34N4O5S. The molecule has 1 fully saturated rings. The first-order valence-electron chi connectivity index (χ1n) is 11.2. The van der Waals surface area contributed by atoms with Gasteiger partial charge in [-0.3, -0.25) is 14.4 Å². The van der Waals surface area contributed by atoms with Gasteiger partial charge in [0.15, 0.2) is 0 Å². The van der Waals surface area contributed by atoms with Gasteiger partial charge >= 0.3 is 5.97 Å². The predicted molar refractivity (Wildman–Crippen MR) is 128 cm³/mol. The quantitative estimate of drug-likeness (QED) is 0.295. The lowest BCUT2D eigenvalue weighted by Gasteiger charge is -2.30. The van der Waals surface area contributed by atoms with Crippen molar-refractivity contribution >= 4 is 36.3 Å². The lowest BCUT2D eigenvalue weighted by Crippen LogP contribution is -2.58. The SMILES string of the molecule is CCC(C)C(NC(=O)C1CCCN1C(=O)C(Cc1ccccc1)NC(=O)C(N)CS)C(=O)O. The molecule has 1 aromatic rings. The Bertz CT molecular complexity index is 837. The van der Waals surface area contributed by atoms with E-state index in [0.717, 1.165) is 5.56 Å². The van der Waals surface area contributed by atoms with Gasteiger partial charge < -0.3 is 26.4 Å². The molecule has 182 valence electrons. The summed E-state index contributed by atoms with van der Waals surface area (Å²) in [6.45, 7) is 3.95. The second-order valence-electron chi connectivity index (χ2n) is 8.44. The van der Waals surface area contributed by atoms with E-state index in [-0.39, 0.29) is 18.1 Å². The van der Waals surface area contributed by atoms with Crippen molar-refractivity contribution in [3.63, 3.8) is 0 Å². The fourth-order valence-electron chi connectivity index (χ4n) is 3.85. The molecule has 0 radical (unpaired) electrons. The van der Waals surface area contributed by atoms with Gasteiger partial charge in [0.25, 0.3) is 0 Å². The zero-order valence-electron chi connectivity index (χ0n) is 19.1. The monoisotopic (exact) mass is 478 g/mol. The highest BCUT2D eigenvalue weighted by atomic mass is 32.1. The largest absolute Gasteiger partial charge is 0.480 e. The number of rotatable bonds is 11. The summed E-state index contributed by atoms with van der Waals surface area (Å²) in [6, 6.07) is 5.62. The minimum atomic E-state index is -1.11. The molecular weight excluding hydrogens is 444 g/mol. The molecule has 0 aliphatic carbocycles. The number of carboxylic acid groups (broad SMARTS) is 1. The van der Waals surface area contributed by atoms with Crippen molar-refractivity contribution in [2.45, 2.75) is 63.7 Å². The van der Waals surface area contributed by atoms with Gasteiger partial charge in [-0.25, -0.2) is 4.79 Å². The molecule has 2 rings (SSSR count).